The molecule has 2 aromatic rings. The highest BCUT2D eigenvalue weighted by Crippen LogP contribution is 2.26. The summed E-state index contributed by atoms with van der Waals surface area (Å²) in [6, 6.07) is 11.1. The lowest BCUT2D eigenvalue weighted by Gasteiger charge is -2.19. The smallest absolute Gasteiger partial charge is 0.240 e. The van der Waals surface area contributed by atoms with Crippen molar-refractivity contribution in [2.45, 2.75) is 26.3 Å². The fourth-order valence-electron chi connectivity index (χ4n) is 2.17. The quantitative estimate of drug-likeness (QED) is 0.785. The Balaban J connectivity index is 2.05. The molecule has 6 heteroatoms. The first-order valence-corrected chi connectivity index (χ1v) is 9.13. The Labute approximate surface area is 151 Å². The second kappa shape index (κ2) is 8.85. The van der Waals surface area contributed by atoms with Crippen LogP contribution in [0.2, 0.25) is 5.02 Å². The maximum absolute atomic E-state index is 12.3. The lowest BCUT2D eigenvalue weighted by molar-refractivity contribution is -0.128. The fraction of sp³-hybridized carbons (Fsp3) is 0.333. The molecule has 24 heavy (non-hydrogen) atoms. The predicted octanol–water partition coefficient (Wildman–Crippen LogP) is 3.77. The van der Waals surface area contributed by atoms with Gasteiger partial charge in [0.25, 0.3) is 0 Å². The number of carbonyl (C=O) groups is 2. The molecular weight excluding hydrogens is 344 g/mol. The highest BCUT2D eigenvalue weighted by Gasteiger charge is 2.19. The highest BCUT2D eigenvalue weighted by atomic mass is 35.5. The molecule has 4 nitrogen and oxygen atoms in total. The number of hydrogen-bond acceptors (Lipinski definition) is 3. The zero-order valence-corrected chi connectivity index (χ0v) is 15.3. The van der Waals surface area contributed by atoms with Crippen molar-refractivity contribution in [2.24, 2.45) is 5.92 Å². The van der Waals surface area contributed by atoms with E-state index >= 15 is 0 Å². The zero-order valence-electron chi connectivity index (χ0n) is 13.7. The van der Waals surface area contributed by atoms with E-state index in [-0.39, 0.29) is 30.3 Å². The summed E-state index contributed by atoms with van der Waals surface area (Å²) in [7, 11) is 0. The number of thiophene rings is 1. The van der Waals surface area contributed by atoms with Gasteiger partial charge in [-0.15, -0.1) is 11.3 Å². The maximum atomic E-state index is 12.3. The molecule has 0 radical (unpaired) electrons. The molecule has 0 bridgehead atoms. The minimum Gasteiger partial charge on any atom is -0.347 e. The Kier molecular flexibility index (Phi) is 6.82. The van der Waals surface area contributed by atoms with E-state index < -0.39 is 0 Å². The largest absolute Gasteiger partial charge is 0.347 e. The third-order valence-electron chi connectivity index (χ3n) is 3.82. The van der Waals surface area contributed by atoms with E-state index in [0.717, 1.165) is 16.9 Å². The first kappa shape index (κ1) is 18.5. The minimum atomic E-state index is -0.254. The van der Waals surface area contributed by atoms with Gasteiger partial charge in [0.1, 0.15) is 0 Å². The average Bonchev–Trinajstić information content (AvgIpc) is 3.12. The van der Waals surface area contributed by atoms with Crippen LogP contribution in [0.1, 0.15) is 36.8 Å². The number of rotatable bonds is 7. The summed E-state index contributed by atoms with van der Waals surface area (Å²) in [5.74, 6) is -0.422. The maximum Gasteiger partial charge on any atom is 0.240 e. The van der Waals surface area contributed by atoms with Gasteiger partial charge in [0, 0.05) is 15.8 Å². The molecule has 0 aliphatic heterocycles. The standard InChI is InChI=1S/C18H21ClN2O2S/c1-3-12(2)18(23)20-11-16(22)21-17(15-5-4-10-24-15)13-6-8-14(19)9-7-13/h4-10,12,17H,3,11H2,1-2H3,(H,20,23)(H,21,22). The number of nitrogens with one attached hydrogen (secondary N) is 2. The van der Waals surface area contributed by atoms with Gasteiger partial charge in [-0.05, 0) is 35.6 Å². The molecule has 0 spiro atoms. The summed E-state index contributed by atoms with van der Waals surface area (Å²) in [5.41, 5.74) is 0.948. The molecule has 2 rings (SSSR count). The first-order valence-electron chi connectivity index (χ1n) is 7.87. The zero-order chi connectivity index (χ0) is 17.5. The van der Waals surface area contributed by atoms with E-state index in [4.69, 9.17) is 11.6 Å². The molecule has 128 valence electrons. The molecule has 1 heterocycles. The molecule has 0 saturated carbocycles. The Morgan fingerprint density at radius 1 is 1.21 bits per heavy atom. The van der Waals surface area contributed by atoms with Gasteiger partial charge in [0.2, 0.25) is 11.8 Å². The van der Waals surface area contributed by atoms with Crippen molar-refractivity contribution in [1.82, 2.24) is 10.6 Å². The molecule has 0 saturated heterocycles. The number of benzene rings is 1. The van der Waals surface area contributed by atoms with Crippen LogP contribution in [-0.2, 0) is 9.59 Å². The SMILES string of the molecule is CCC(C)C(=O)NCC(=O)NC(c1ccc(Cl)cc1)c1cccs1. The summed E-state index contributed by atoms with van der Waals surface area (Å²) in [6.45, 7) is 3.76. The number of halogens is 1. The third-order valence-corrected chi connectivity index (χ3v) is 5.01. The summed E-state index contributed by atoms with van der Waals surface area (Å²) >= 11 is 7.51. The molecule has 0 aliphatic rings. The van der Waals surface area contributed by atoms with Crippen LogP contribution in [0.15, 0.2) is 41.8 Å². The van der Waals surface area contributed by atoms with Gasteiger partial charge in [0.15, 0.2) is 0 Å². The predicted molar refractivity (Wildman–Crippen MR) is 98.2 cm³/mol. The normalized spacial score (nSPS) is 13.1. The lowest BCUT2D eigenvalue weighted by Crippen LogP contribution is -2.40. The van der Waals surface area contributed by atoms with Gasteiger partial charge in [-0.1, -0.05) is 43.6 Å². The van der Waals surface area contributed by atoms with Crippen molar-refractivity contribution in [3.05, 3.63) is 57.2 Å². The van der Waals surface area contributed by atoms with E-state index in [1.54, 1.807) is 23.5 Å². The third kappa shape index (κ3) is 5.08. The topological polar surface area (TPSA) is 58.2 Å². The average molecular weight is 365 g/mol. The van der Waals surface area contributed by atoms with E-state index in [9.17, 15) is 9.59 Å². The number of amides is 2. The second-order valence-corrected chi connectivity index (χ2v) is 7.01. The van der Waals surface area contributed by atoms with Crippen molar-refractivity contribution < 1.29 is 9.59 Å². The molecule has 1 aromatic heterocycles. The van der Waals surface area contributed by atoms with E-state index in [1.165, 1.54) is 0 Å². The van der Waals surface area contributed by atoms with Crippen LogP contribution in [0.5, 0.6) is 0 Å². The number of carbonyl (C=O) groups excluding carboxylic acids is 2. The summed E-state index contributed by atoms with van der Waals surface area (Å²) in [6.07, 6.45) is 0.746. The van der Waals surface area contributed by atoms with Gasteiger partial charge in [-0.25, -0.2) is 0 Å². The van der Waals surface area contributed by atoms with Gasteiger partial charge >= 0.3 is 0 Å². The van der Waals surface area contributed by atoms with Gasteiger partial charge in [-0.3, -0.25) is 9.59 Å². The van der Waals surface area contributed by atoms with Crippen molar-refractivity contribution >= 4 is 34.8 Å². The van der Waals surface area contributed by atoms with Crippen molar-refractivity contribution in [3.63, 3.8) is 0 Å². The first-order chi connectivity index (χ1) is 11.5. The number of hydrogen-bond donors (Lipinski definition) is 2. The van der Waals surface area contributed by atoms with Crippen molar-refractivity contribution in [3.8, 4) is 0 Å². The fourth-order valence-corrected chi connectivity index (χ4v) is 3.10. The molecule has 2 amide bonds. The van der Waals surface area contributed by atoms with Crippen LogP contribution in [0.25, 0.3) is 0 Å². The van der Waals surface area contributed by atoms with E-state index in [2.05, 4.69) is 10.6 Å². The van der Waals surface area contributed by atoms with Crippen LogP contribution in [0, 0.1) is 5.92 Å². The van der Waals surface area contributed by atoms with Crippen LogP contribution in [-0.4, -0.2) is 18.4 Å². The molecule has 2 N–H and O–H groups in total. The monoisotopic (exact) mass is 364 g/mol. The Morgan fingerprint density at radius 2 is 1.92 bits per heavy atom. The van der Waals surface area contributed by atoms with E-state index in [0.29, 0.717) is 5.02 Å². The van der Waals surface area contributed by atoms with Gasteiger partial charge in [0.05, 0.1) is 12.6 Å². The van der Waals surface area contributed by atoms with Crippen LogP contribution in [0.3, 0.4) is 0 Å². The van der Waals surface area contributed by atoms with Crippen LogP contribution >= 0.6 is 22.9 Å². The summed E-state index contributed by atoms with van der Waals surface area (Å²) in [5, 5.41) is 8.27. The van der Waals surface area contributed by atoms with Crippen molar-refractivity contribution in [2.75, 3.05) is 6.54 Å². The Morgan fingerprint density at radius 3 is 2.50 bits per heavy atom. The van der Waals surface area contributed by atoms with Crippen LogP contribution < -0.4 is 10.6 Å². The minimum absolute atomic E-state index is 0.0291. The Hall–Kier alpha value is -1.85. The van der Waals surface area contributed by atoms with E-state index in [1.807, 2.05) is 43.5 Å². The molecule has 1 aromatic carbocycles. The Bertz CT molecular complexity index is 671. The van der Waals surface area contributed by atoms with Crippen molar-refractivity contribution in [1.29, 1.82) is 0 Å². The van der Waals surface area contributed by atoms with Crippen LogP contribution in [0.4, 0.5) is 0 Å². The summed E-state index contributed by atoms with van der Waals surface area (Å²) in [4.78, 5) is 25.1. The summed E-state index contributed by atoms with van der Waals surface area (Å²) < 4.78 is 0. The lowest BCUT2D eigenvalue weighted by atomic mass is 10.1. The second-order valence-electron chi connectivity index (χ2n) is 5.59. The molecule has 0 aliphatic carbocycles. The van der Waals surface area contributed by atoms with Gasteiger partial charge in [-0.2, -0.15) is 0 Å². The van der Waals surface area contributed by atoms with Gasteiger partial charge < -0.3 is 10.6 Å². The molecular formula is C18H21ClN2O2S. The molecule has 2 atom stereocenters. The highest BCUT2D eigenvalue weighted by molar-refractivity contribution is 7.10. The molecule has 2 unspecified atom stereocenters. The molecule has 0 fully saturated rings.